The summed E-state index contributed by atoms with van der Waals surface area (Å²) in [6.07, 6.45) is 0. The van der Waals surface area contributed by atoms with Crippen molar-refractivity contribution in [3.05, 3.63) is 35.4 Å². The predicted octanol–water partition coefficient (Wildman–Crippen LogP) is 1.03. The topological polar surface area (TPSA) is 52.7 Å². The summed E-state index contributed by atoms with van der Waals surface area (Å²) in [6.45, 7) is 10.6. The van der Waals surface area contributed by atoms with Gasteiger partial charge in [0.05, 0.1) is 6.61 Å². The Morgan fingerprint density at radius 2 is 1.60 bits per heavy atom. The second-order valence-corrected chi connectivity index (χ2v) is 6.25. The van der Waals surface area contributed by atoms with E-state index in [9.17, 15) is 0 Å². The summed E-state index contributed by atoms with van der Waals surface area (Å²) in [7, 11) is 0. The molecule has 1 fully saturated rings. The number of piperazine rings is 1. The fourth-order valence-corrected chi connectivity index (χ4v) is 2.65. The molecule has 0 saturated carbocycles. The molecular weight excluding hydrogens is 250 g/mol. The molecule has 0 bridgehead atoms. The summed E-state index contributed by atoms with van der Waals surface area (Å²) in [6, 6.07) is 8.23. The minimum Gasteiger partial charge on any atom is -0.392 e. The molecule has 0 spiro atoms. The van der Waals surface area contributed by atoms with Crippen molar-refractivity contribution >= 4 is 0 Å². The number of nitrogens with zero attached hydrogens (tertiary/aromatic N) is 2. The highest BCUT2D eigenvalue weighted by Crippen LogP contribution is 2.17. The van der Waals surface area contributed by atoms with Crippen LogP contribution in [0.2, 0.25) is 0 Å². The third-order valence-electron chi connectivity index (χ3n) is 4.34. The summed E-state index contributed by atoms with van der Waals surface area (Å²) in [4.78, 5) is 4.97. The van der Waals surface area contributed by atoms with Gasteiger partial charge in [-0.05, 0) is 25.0 Å². The van der Waals surface area contributed by atoms with Crippen LogP contribution in [0.5, 0.6) is 0 Å². The zero-order chi connectivity index (χ0) is 14.6. The van der Waals surface area contributed by atoms with Gasteiger partial charge >= 0.3 is 0 Å². The van der Waals surface area contributed by atoms with Crippen LogP contribution in [-0.4, -0.2) is 53.2 Å². The molecule has 2 rings (SSSR count). The average Bonchev–Trinajstić information content (AvgIpc) is 2.48. The van der Waals surface area contributed by atoms with Crippen molar-refractivity contribution in [2.24, 2.45) is 5.73 Å². The largest absolute Gasteiger partial charge is 0.392 e. The molecule has 1 saturated heterocycles. The lowest BCUT2D eigenvalue weighted by Gasteiger charge is -2.43. The predicted molar refractivity (Wildman–Crippen MR) is 82.3 cm³/mol. The molecular formula is C16H27N3O. The van der Waals surface area contributed by atoms with E-state index < -0.39 is 0 Å². The van der Waals surface area contributed by atoms with E-state index in [0.717, 1.165) is 38.3 Å². The SMILES string of the molecule is CC(C)(CN)N1CCN(Cc2ccc(CO)cc2)CC1. The standard InChI is InChI=1S/C16H27N3O/c1-16(2,13-17)19-9-7-18(8-10-19)11-14-3-5-15(12-20)6-4-14/h3-6,20H,7-13,17H2,1-2H3. The lowest BCUT2D eigenvalue weighted by Crippen LogP contribution is -2.57. The molecule has 0 atom stereocenters. The van der Waals surface area contributed by atoms with Crippen LogP contribution in [-0.2, 0) is 13.2 Å². The molecule has 1 aromatic rings. The Kier molecular flexibility index (Phi) is 5.16. The maximum atomic E-state index is 9.05. The number of rotatable bonds is 5. The molecule has 1 aliphatic heterocycles. The van der Waals surface area contributed by atoms with Crippen LogP contribution >= 0.6 is 0 Å². The van der Waals surface area contributed by atoms with Crippen LogP contribution in [0.4, 0.5) is 0 Å². The first-order valence-electron chi connectivity index (χ1n) is 7.41. The van der Waals surface area contributed by atoms with Crippen LogP contribution in [0.15, 0.2) is 24.3 Å². The molecule has 0 aliphatic carbocycles. The van der Waals surface area contributed by atoms with Gasteiger partial charge in [-0.1, -0.05) is 24.3 Å². The van der Waals surface area contributed by atoms with Gasteiger partial charge in [0.15, 0.2) is 0 Å². The van der Waals surface area contributed by atoms with Crippen molar-refractivity contribution in [3.63, 3.8) is 0 Å². The Balaban J connectivity index is 1.85. The highest BCUT2D eigenvalue weighted by atomic mass is 16.3. The Bertz CT molecular complexity index is 408. The molecule has 3 N–H and O–H groups in total. The number of hydrogen-bond acceptors (Lipinski definition) is 4. The second-order valence-electron chi connectivity index (χ2n) is 6.25. The van der Waals surface area contributed by atoms with E-state index in [4.69, 9.17) is 10.8 Å². The highest BCUT2D eigenvalue weighted by Gasteiger charge is 2.28. The van der Waals surface area contributed by atoms with Gasteiger partial charge in [-0.25, -0.2) is 0 Å². The fourth-order valence-electron chi connectivity index (χ4n) is 2.65. The number of nitrogens with two attached hydrogens (primary N) is 1. The Morgan fingerprint density at radius 1 is 1.05 bits per heavy atom. The van der Waals surface area contributed by atoms with Gasteiger partial charge in [-0.2, -0.15) is 0 Å². The van der Waals surface area contributed by atoms with Crippen LogP contribution < -0.4 is 5.73 Å². The van der Waals surface area contributed by atoms with E-state index in [0.29, 0.717) is 6.54 Å². The first kappa shape index (κ1) is 15.4. The van der Waals surface area contributed by atoms with Crippen LogP contribution in [0, 0.1) is 0 Å². The number of benzene rings is 1. The van der Waals surface area contributed by atoms with Crippen molar-refractivity contribution in [2.45, 2.75) is 32.5 Å². The summed E-state index contributed by atoms with van der Waals surface area (Å²) < 4.78 is 0. The maximum Gasteiger partial charge on any atom is 0.0681 e. The zero-order valence-corrected chi connectivity index (χ0v) is 12.7. The quantitative estimate of drug-likeness (QED) is 0.844. The molecule has 0 amide bonds. The minimum atomic E-state index is 0.106. The van der Waals surface area contributed by atoms with Crippen molar-refractivity contribution in [2.75, 3.05) is 32.7 Å². The Hall–Kier alpha value is -0.940. The zero-order valence-electron chi connectivity index (χ0n) is 12.7. The van der Waals surface area contributed by atoms with E-state index >= 15 is 0 Å². The number of hydrogen-bond donors (Lipinski definition) is 2. The van der Waals surface area contributed by atoms with Gasteiger partial charge in [0.25, 0.3) is 0 Å². The summed E-state index contributed by atoms with van der Waals surface area (Å²) in [5.74, 6) is 0. The normalized spacial score (nSPS) is 18.4. The smallest absolute Gasteiger partial charge is 0.0681 e. The molecule has 4 heteroatoms. The van der Waals surface area contributed by atoms with Crippen LogP contribution in [0.1, 0.15) is 25.0 Å². The first-order chi connectivity index (χ1) is 9.55. The lowest BCUT2D eigenvalue weighted by molar-refractivity contribution is 0.0538. The molecule has 1 heterocycles. The molecule has 0 aromatic heterocycles. The van der Waals surface area contributed by atoms with Gasteiger partial charge in [0, 0.05) is 44.8 Å². The van der Waals surface area contributed by atoms with Crippen molar-refractivity contribution < 1.29 is 5.11 Å². The van der Waals surface area contributed by atoms with E-state index in [1.54, 1.807) is 0 Å². The van der Waals surface area contributed by atoms with Gasteiger partial charge in [-0.15, -0.1) is 0 Å². The molecule has 0 radical (unpaired) electrons. The Morgan fingerprint density at radius 3 is 2.10 bits per heavy atom. The monoisotopic (exact) mass is 277 g/mol. The van der Waals surface area contributed by atoms with Crippen molar-refractivity contribution in [1.82, 2.24) is 9.80 Å². The summed E-state index contributed by atoms with van der Waals surface area (Å²) in [5.41, 5.74) is 8.24. The van der Waals surface area contributed by atoms with Gasteiger partial charge in [-0.3, -0.25) is 9.80 Å². The molecule has 4 nitrogen and oxygen atoms in total. The second kappa shape index (κ2) is 6.68. The van der Waals surface area contributed by atoms with Crippen molar-refractivity contribution in [1.29, 1.82) is 0 Å². The molecule has 1 aliphatic rings. The number of aliphatic hydroxyl groups excluding tert-OH is 1. The van der Waals surface area contributed by atoms with Gasteiger partial charge in [0.1, 0.15) is 0 Å². The third-order valence-corrected chi connectivity index (χ3v) is 4.34. The highest BCUT2D eigenvalue weighted by molar-refractivity contribution is 5.21. The average molecular weight is 277 g/mol. The Labute approximate surface area is 122 Å². The van der Waals surface area contributed by atoms with E-state index in [2.05, 4.69) is 35.8 Å². The lowest BCUT2D eigenvalue weighted by atomic mass is 10.0. The van der Waals surface area contributed by atoms with Gasteiger partial charge in [0.2, 0.25) is 0 Å². The first-order valence-corrected chi connectivity index (χ1v) is 7.41. The molecule has 0 unspecified atom stereocenters. The molecule has 112 valence electrons. The van der Waals surface area contributed by atoms with E-state index in [1.807, 2.05) is 12.1 Å². The van der Waals surface area contributed by atoms with Crippen LogP contribution in [0.3, 0.4) is 0 Å². The maximum absolute atomic E-state index is 9.05. The van der Waals surface area contributed by atoms with Gasteiger partial charge < -0.3 is 10.8 Å². The summed E-state index contributed by atoms with van der Waals surface area (Å²) in [5, 5.41) is 9.05. The van der Waals surface area contributed by atoms with Crippen molar-refractivity contribution in [3.8, 4) is 0 Å². The third kappa shape index (κ3) is 3.79. The number of aliphatic hydroxyl groups is 1. The van der Waals surface area contributed by atoms with Crippen LogP contribution in [0.25, 0.3) is 0 Å². The fraction of sp³-hybridized carbons (Fsp3) is 0.625. The summed E-state index contributed by atoms with van der Waals surface area (Å²) >= 11 is 0. The van der Waals surface area contributed by atoms with E-state index in [-0.39, 0.29) is 12.1 Å². The molecule has 20 heavy (non-hydrogen) atoms. The minimum absolute atomic E-state index is 0.106. The van der Waals surface area contributed by atoms with E-state index in [1.165, 1.54) is 5.56 Å². The molecule has 1 aromatic carbocycles.